The predicted octanol–water partition coefficient (Wildman–Crippen LogP) is 2.21. The third kappa shape index (κ3) is 3.18. The van der Waals surface area contributed by atoms with E-state index in [1.165, 1.54) is 16.8 Å². The van der Waals surface area contributed by atoms with Gasteiger partial charge in [0.15, 0.2) is 5.65 Å². The molecule has 144 valence electrons. The number of benzene rings is 1. The summed E-state index contributed by atoms with van der Waals surface area (Å²) in [5, 5.41) is 11.6. The van der Waals surface area contributed by atoms with Crippen LogP contribution >= 0.6 is 0 Å². The van der Waals surface area contributed by atoms with Crippen LogP contribution in [0.15, 0.2) is 70.6 Å². The number of nitro groups is 1. The fraction of sp³-hybridized carbons (Fsp3) is 0.100. The van der Waals surface area contributed by atoms with Crippen molar-refractivity contribution in [2.75, 3.05) is 0 Å². The molecule has 9 nitrogen and oxygen atoms in total. The third-order valence-corrected chi connectivity index (χ3v) is 4.61. The van der Waals surface area contributed by atoms with E-state index < -0.39 is 16.2 Å². The van der Waals surface area contributed by atoms with Crippen molar-refractivity contribution < 1.29 is 4.92 Å². The molecule has 29 heavy (non-hydrogen) atoms. The normalized spacial score (nSPS) is 10.9. The van der Waals surface area contributed by atoms with Crippen LogP contribution in [0, 0.1) is 17.0 Å². The van der Waals surface area contributed by atoms with Crippen LogP contribution in [0.1, 0.15) is 11.1 Å². The van der Waals surface area contributed by atoms with Crippen molar-refractivity contribution >= 4 is 16.7 Å². The molecule has 0 amide bonds. The summed E-state index contributed by atoms with van der Waals surface area (Å²) in [5.41, 5.74) is 0.301. The van der Waals surface area contributed by atoms with E-state index in [0.717, 1.165) is 4.57 Å². The maximum Gasteiger partial charge on any atom is 0.337 e. The van der Waals surface area contributed by atoms with Crippen molar-refractivity contribution in [3.05, 3.63) is 103 Å². The van der Waals surface area contributed by atoms with Gasteiger partial charge in [-0.05, 0) is 36.8 Å². The van der Waals surface area contributed by atoms with Crippen molar-refractivity contribution in [1.29, 1.82) is 0 Å². The molecule has 0 spiro atoms. The fourth-order valence-electron chi connectivity index (χ4n) is 3.17. The number of aryl methyl sites for hydroxylation is 1. The van der Waals surface area contributed by atoms with Gasteiger partial charge >= 0.3 is 5.69 Å². The van der Waals surface area contributed by atoms with E-state index in [4.69, 9.17) is 0 Å². The predicted molar refractivity (Wildman–Crippen MR) is 106 cm³/mol. The number of fused-ring (bicyclic) bond motifs is 1. The minimum atomic E-state index is -0.636. The zero-order chi connectivity index (χ0) is 20.5. The van der Waals surface area contributed by atoms with Crippen LogP contribution in [-0.2, 0) is 6.54 Å². The highest BCUT2D eigenvalue weighted by molar-refractivity contribution is 5.75. The van der Waals surface area contributed by atoms with Crippen molar-refractivity contribution in [3.63, 3.8) is 0 Å². The largest absolute Gasteiger partial charge is 0.337 e. The quantitative estimate of drug-likeness (QED) is 0.391. The third-order valence-electron chi connectivity index (χ3n) is 4.61. The Morgan fingerprint density at radius 1 is 1.10 bits per heavy atom. The average molecular weight is 389 g/mol. The molecule has 0 aliphatic heterocycles. The second-order valence-electron chi connectivity index (χ2n) is 6.47. The maximum atomic E-state index is 13.3. The first-order chi connectivity index (χ1) is 14.0. The van der Waals surface area contributed by atoms with E-state index in [0.29, 0.717) is 11.1 Å². The standard InChI is InChI=1S/C20H15N5O4/c1-13-6-7-15(10-17(13)25(28)29)24-18-16(5-3-9-22-18)19(26)23(20(24)27)12-14-4-2-8-21-11-14/h2-11H,12H2,1H3. The monoisotopic (exact) mass is 389 g/mol. The van der Waals surface area contributed by atoms with Gasteiger partial charge in [-0.15, -0.1) is 0 Å². The minimum Gasteiger partial charge on any atom is -0.268 e. The van der Waals surface area contributed by atoms with E-state index in [-0.39, 0.29) is 29.0 Å². The van der Waals surface area contributed by atoms with Gasteiger partial charge in [0.2, 0.25) is 0 Å². The van der Waals surface area contributed by atoms with Crippen LogP contribution in [0.2, 0.25) is 0 Å². The molecule has 4 aromatic rings. The molecule has 0 N–H and O–H groups in total. The number of hydrogen-bond donors (Lipinski definition) is 0. The van der Waals surface area contributed by atoms with Gasteiger partial charge in [0, 0.05) is 30.2 Å². The SMILES string of the molecule is Cc1ccc(-n2c(=O)n(Cc3cccnc3)c(=O)c3cccnc32)cc1[N+](=O)[O-]. The molecule has 9 heteroatoms. The number of nitro benzene ring substituents is 1. The summed E-state index contributed by atoms with van der Waals surface area (Å²) in [7, 11) is 0. The molecule has 0 atom stereocenters. The Kier molecular flexibility index (Phi) is 4.47. The molecule has 1 aromatic carbocycles. The molecule has 0 radical (unpaired) electrons. The summed E-state index contributed by atoms with van der Waals surface area (Å²) < 4.78 is 2.30. The van der Waals surface area contributed by atoms with Crippen LogP contribution in [0.25, 0.3) is 16.7 Å². The Bertz CT molecular complexity index is 1360. The summed E-state index contributed by atoms with van der Waals surface area (Å²) in [6.45, 7) is 1.63. The molecule has 3 aromatic heterocycles. The zero-order valence-corrected chi connectivity index (χ0v) is 15.3. The molecule has 0 unspecified atom stereocenters. The van der Waals surface area contributed by atoms with Gasteiger partial charge in [-0.2, -0.15) is 0 Å². The number of nitrogens with zero attached hydrogens (tertiary/aromatic N) is 5. The summed E-state index contributed by atoms with van der Waals surface area (Å²) in [6, 6.07) is 11.1. The molecular formula is C20H15N5O4. The second kappa shape index (κ2) is 7.12. The number of aromatic nitrogens is 4. The van der Waals surface area contributed by atoms with Crippen LogP contribution in [0.3, 0.4) is 0 Å². The van der Waals surface area contributed by atoms with E-state index >= 15 is 0 Å². The summed E-state index contributed by atoms with van der Waals surface area (Å²) in [5.74, 6) is 0. The first-order valence-corrected chi connectivity index (χ1v) is 8.72. The molecule has 0 saturated heterocycles. The first-order valence-electron chi connectivity index (χ1n) is 8.72. The van der Waals surface area contributed by atoms with Gasteiger partial charge in [-0.25, -0.2) is 14.3 Å². The second-order valence-corrected chi connectivity index (χ2v) is 6.47. The molecule has 0 aliphatic rings. The Morgan fingerprint density at radius 2 is 1.90 bits per heavy atom. The van der Waals surface area contributed by atoms with Crippen molar-refractivity contribution in [2.24, 2.45) is 0 Å². The number of hydrogen-bond acceptors (Lipinski definition) is 6. The molecule has 0 saturated carbocycles. The summed E-state index contributed by atoms with van der Waals surface area (Å²) in [4.78, 5) is 45.3. The maximum absolute atomic E-state index is 13.3. The Labute approximate surface area is 163 Å². The van der Waals surface area contributed by atoms with Crippen molar-refractivity contribution in [1.82, 2.24) is 19.1 Å². The molecule has 0 bridgehead atoms. The Balaban J connectivity index is 2.04. The van der Waals surface area contributed by atoms with Gasteiger partial charge in [-0.1, -0.05) is 12.1 Å². The molecule has 3 heterocycles. The van der Waals surface area contributed by atoms with Gasteiger partial charge in [0.05, 0.1) is 22.5 Å². The van der Waals surface area contributed by atoms with Gasteiger partial charge in [-0.3, -0.25) is 24.5 Å². The number of rotatable bonds is 4. The minimum absolute atomic E-state index is 0.0182. The molecule has 0 aliphatic carbocycles. The van der Waals surface area contributed by atoms with Gasteiger partial charge < -0.3 is 0 Å². The molecule has 4 rings (SSSR count). The lowest BCUT2D eigenvalue weighted by Gasteiger charge is -2.13. The van der Waals surface area contributed by atoms with E-state index in [1.54, 1.807) is 55.7 Å². The summed E-state index contributed by atoms with van der Waals surface area (Å²) >= 11 is 0. The van der Waals surface area contributed by atoms with E-state index in [9.17, 15) is 19.7 Å². The lowest BCUT2D eigenvalue weighted by molar-refractivity contribution is -0.385. The van der Waals surface area contributed by atoms with Gasteiger partial charge in [0.1, 0.15) is 0 Å². The topological polar surface area (TPSA) is 113 Å². The molecule has 0 fully saturated rings. The van der Waals surface area contributed by atoms with Crippen LogP contribution in [-0.4, -0.2) is 24.0 Å². The molecular weight excluding hydrogens is 374 g/mol. The van der Waals surface area contributed by atoms with E-state index in [2.05, 4.69) is 9.97 Å². The van der Waals surface area contributed by atoms with Crippen molar-refractivity contribution in [3.8, 4) is 5.69 Å². The summed E-state index contributed by atoms with van der Waals surface area (Å²) in [6.07, 6.45) is 4.63. The fourth-order valence-corrected chi connectivity index (χ4v) is 3.17. The van der Waals surface area contributed by atoms with Crippen LogP contribution in [0.4, 0.5) is 5.69 Å². The van der Waals surface area contributed by atoms with Crippen LogP contribution in [0.5, 0.6) is 0 Å². The Hall–Kier alpha value is -4.14. The highest BCUT2D eigenvalue weighted by Gasteiger charge is 2.18. The smallest absolute Gasteiger partial charge is 0.268 e. The van der Waals surface area contributed by atoms with Crippen molar-refractivity contribution in [2.45, 2.75) is 13.5 Å². The number of pyridine rings is 2. The van der Waals surface area contributed by atoms with Crippen LogP contribution < -0.4 is 11.2 Å². The highest BCUT2D eigenvalue weighted by Crippen LogP contribution is 2.22. The van der Waals surface area contributed by atoms with E-state index in [1.807, 2.05) is 0 Å². The van der Waals surface area contributed by atoms with Gasteiger partial charge in [0.25, 0.3) is 11.2 Å². The highest BCUT2D eigenvalue weighted by atomic mass is 16.6. The lowest BCUT2D eigenvalue weighted by Crippen LogP contribution is -2.40. The average Bonchev–Trinajstić information content (AvgIpc) is 2.73. The zero-order valence-electron chi connectivity index (χ0n) is 15.3. The Morgan fingerprint density at radius 3 is 2.62 bits per heavy atom. The first kappa shape index (κ1) is 18.2. The lowest BCUT2D eigenvalue weighted by atomic mass is 10.2.